The molecule has 0 aliphatic heterocycles. The Balaban J connectivity index is 2.40. The largest absolute Gasteiger partial charge is 0.435 e. The number of aryl methyl sites for hydroxylation is 2. The lowest BCUT2D eigenvalue weighted by Crippen LogP contribution is -2.06. The van der Waals surface area contributed by atoms with Crippen molar-refractivity contribution in [2.24, 2.45) is 0 Å². The van der Waals surface area contributed by atoms with E-state index < -0.39 is 5.82 Å². The van der Waals surface area contributed by atoms with Crippen LogP contribution in [0.3, 0.4) is 0 Å². The number of benzene rings is 1. The normalized spacial score (nSPS) is 10.4. The third-order valence-electron chi connectivity index (χ3n) is 2.85. The fourth-order valence-corrected chi connectivity index (χ4v) is 1.83. The molecule has 0 saturated carbocycles. The molecule has 0 spiro atoms. The molecule has 0 aliphatic carbocycles. The average molecular weight is 275 g/mol. The van der Waals surface area contributed by atoms with Gasteiger partial charge in [0.1, 0.15) is 11.6 Å². The van der Waals surface area contributed by atoms with Crippen LogP contribution in [0.15, 0.2) is 18.2 Å². The molecule has 1 N–H and O–H groups in total. The van der Waals surface area contributed by atoms with E-state index >= 15 is 0 Å². The van der Waals surface area contributed by atoms with Gasteiger partial charge in [0.05, 0.1) is 5.56 Å². The van der Waals surface area contributed by atoms with E-state index in [0.29, 0.717) is 17.5 Å². The number of halogens is 1. The fraction of sp³-hybridized carbons (Fsp3) is 0.333. The molecule has 5 heteroatoms. The summed E-state index contributed by atoms with van der Waals surface area (Å²) >= 11 is 0. The number of anilines is 1. The Labute approximate surface area is 118 Å². The van der Waals surface area contributed by atoms with Gasteiger partial charge < -0.3 is 10.1 Å². The fourth-order valence-electron chi connectivity index (χ4n) is 1.83. The van der Waals surface area contributed by atoms with Crippen molar-refractivity contribution in [3.8, 4) is 11.6 Å². The van der Waals surface area contributed by atoms with Gasteiger partial charge in [-0.15, -0.1) is 0 Å². The van der Waals surface area contributed by atoms with Crippen LogP contribution < -0.4 is 10.1 Å². The minimum Gasteiger partial charge on any atom is -0.435 e. The maximum Gasteiger partial charge on any atom is 0.227 e. The summed E-state index contributed by atoms with van der Waals surface area (Å²) in [6, 6.07) is 4.74. The zero-order valence-electron chi connectivity index (χ0n) is 12.1. The van der Waals surface area contributed by atoms with E-state index in [1.54, 1.807) is 19.1 Å². The summed E-state index contributed by atoms with van der Waals surface area (Å²) in [5.74, 6) is 1.43. The molecule has 4 nitrogen and oxygen atoms in total. The smallest absolute Gasteiger partial charge is 0.227 e. The van der Waals surface area contributed by atoms with Crippen molar-refractivity contribution in [3.05, 3.63) is 41.0 Å². The summed E-state index contributed by atoms with van der Waals surface area (Å²) in [6.45, 7) is 8.24. The number of nitrogens with one attached hydrogen (secondary N) is 1. The van der Waals surface area contributed by atoms with E-state index in [-0.39, 0.29) is 5.75 Å². The molecule has 0 aliphatic rings. The lowest BCUT2D eigenvalue weighted by Gasteiger charge is -2.13. The minimum absolute atomic E-state index is 0.175. The van der Waals surface area contributed by atoms with Crippen molar-refractivity contribution in [3.63, 3.8) is 0 Å². The lowest BCUT2D eigenvalue weighted by molar-refractivity contribution is 0.422. The SMILES string of the molecule is CCNc1nc(C)nc(Oc2cc(C)ccc2F)c1C. The predicted molar refractivity (Wildman–Crippen MR) is 76.9 cm³/mol. The lowest BCUT2D eigenvalue weighted by atomic mass is 10.2. The molecule has 2 rings (SSSR count). The summed E-state index contributed by atoms with van der Waals surface area (Å²) in [4.78, 5) is 8.55. The summed E-state index contributed by atoms with van der Waals surface area (Å²) < 4.78 is 19.4. The van der Waals surface area contributed by atoms with Gasteiger partial charge in [-0.1, -0.05) is 6.07 Å². The summed E-state index contributed by atoms with van der Waals surface area (Å²) in [5, 5.41) is 3.14. The van der Waals surface area contributed by atoms with Gasteiger partial charge in [-0.3, -0.25) is 0 Å². The van der Waals surface area contributed by atoms with Gasteiger partial charge in [-0.05, 0) is 45.4 Å². The second-order valence-electron chi connectivity index (χ2n) is 4.62. The highest BCUT2D eigenvalue weighted by atomic mass is 19.1. The van der Waals surface area contributed by atoms with Gasteiger partial charge in [0.15, 0.2) is 11.6 Å². The number of ether oxygens (including phenoxy) is 1. The molecule has 0 unspecified atom stereocenters. The Hall–Kier alpha value is -2.17. The molecule has 1 heterocycles. The van der Waals surface area contributed by atoms with Crippen LogP contribution in [0.2, 0.25) is 0 Å². The number of hydrogen-bond donors (Lipinski definition) is 1. The Bertz CT molecular complexity index is 629. The van der Waals surface area contributed by atoms with Crippen molar-refractivity contribution in [1.29, 1.82) is 0 Å². The molecule has 106 valence electrons. The standard InChI is InChI=1S/C15H18FN3O/c1-5-17-14-10(3)15(19-11(4)18-14)20-13-8-9(2)6-7-12(13)16/h6-8H,5H2,1-4H3,(H,17,18,19). The highest BCUT2D eigenvalue weighted by molar-refractivity contribution is 5.49. The van der Waals surface area contributed by atoms with Crippen LogP contribution in [0.25, 0.3) is 0 Å². The van der Waals surface area contributed by atoms with Crippen molar-refractivity contribution >= 4 is 5.82 Å². The topological polar surface area (TPSA) is 47.0 Å². The number of nitrogens with zero attached hydrogens (tertiary/aromatic N) is 2. The van der Waals surface area contributed by atoms with Crippen molar-refractivity contribution in [2.75, 3.05) is 11.9 Å². The second kappa shape index (κ2) is 5.86. The van der Waals surface area contributed by atoms with E-state index in [2.05, 4.69) is 15.3 Å². The summed E-state index contributed by atoms with van der Waals surface area (Å²) in [5.41, 5.74) is 1.69. The maximum atomic E-state index is 13.8. The Morgan fingerprint density at radius 2 is 1.95 bits per heavy atom. The van der Waals surface area contributed by atoms with Crippen LogP contribution in [0, 0.1) is 26.6 Å². The molecule has 0 amide bonds. The second-order valence-corrected chi connectivity index (χ2v) is 4.62. The van der Waals surface area contributed by atoms with Crippen LogP contribution in [0.1, 0.15) is 23.9 Å². The van der Waals surface area contributed by atoms with Crippen molar-refractivity contribution in [2.45, 2.75) is 27.7 Å². The average Bonchev–Trinajstić information content (AvgIpc) is 2.39. The third-order valence-corrected chi connectivity index (χ3v) is 2.85. The summed E-state index contributed by atoms with van der Waals surface area (Å²) in [7, 11) is 0. The van der Waals surface area contributed by atoms with Gasteiger partial charge >= 0.3 is 0 Å². The zero-order chi connectivity index (χ0) is 14.7. The van der Waals surface area contributed by atoms with Gasteiger partial charge in [0, 0.05) is 6.54 Å². The van der Waals surface area contributed by atoms with E-state index in [9.17, 15) is 4.39 Å². The molecular weight excluding hydrogens is 257 g/mol. The Morgan fingerprint density at radius 1 is 1.20 bits per heavy atom. The number of hydrogen-bond acceptors (Lipinski definition) is 4. The van der Waals surface area contributed by atoms with Gasteiger partial charge in [-0.2, -0.15) is 4.98 Å². The highest BCUT2D eigenvalue weighted by Crippen LogP contribution is 2.29. The molecule has 0 fully saturated rings. The molecule has 0 bridgehead atoms. The van der Waals surface area contributed by atoms with Crippen LogP contribution >= 0.6 is 0 Å². The maximum absolute atomic E-state index is 13.8. The quantitative estimate of drug-likeness (QED) is 0.922. The van der Waals surface area contributed by atoms with Gasteiger partial charge in [0.25, 0.3) is 0 Å². The molecule has 0 radical (unpaired) electrons. The zero-order valence-corrected chi connectivity index (χ0v) is 12.1. The van der Waals surface area contributed by atoms with Gasteiger partial charge in [-0.25, -0.2) is 9.37 Å². The number of rotatable bonds is 4. The molecule has 20 heavy (non-hydrogen) atoms. The van der Waals surface area contributed by atoms with E-state index in [0.717, 1.165) is 17.7 Å². The Morgan fingerprint density at radius 3 is 2.65 bits per heavy atom. The minimum atomic E-state index is -0.406. The van der Waals surface area contributed by atoms with E-state index in [1.165, 1.54) is 6.07 Å². The highest BCUT2D eigenvalue weighted by Gasteiger charge is 2.13. The molecule has 2 aromatic rings. The molecule has 1 aromatic carbocycles. The molecule has 0 atom stereocenters. The summed E-state index contributed by atoms with van der Waals surface area (Å²) in [6.07, 6.45) is 0. The third kappa shape index (κ3) is 3.04. The predicted octanol–water partition coefficient (Wildman–Crippen LogP) is 3.77. The van der Waals surface area contributed by atoms with Crippen LogP contribution in [0.5, 0.6) is 11.6 Å². The van der Waals surface area contributed by atoms with Crippen molar-refractivity contribution in [1.82, 2.24) is 9.97 Å². The molecule has 0 saturated heterocycles. The van der Waals surface area contributed by atoms with Gasteiger partial charge in [0.2, 0.25) is 5.88 Å². The first-order valence-electron chi connectivity index (χ1n) is 6.54. The monoisotopic (exact) mass is 275 g/mol. The van der Waals surface area contributed by atoms with Crippen LogP contribution in [0.4, 0.5) is 10.2 Å². The van der Waals surface area contributed by atoms with E-state index in [4.69, 9.17) is 4.74 Å². The van der Waals surface area contributed by atoms with Crippen LogP contribution in [-0.2, 0) is 0 Å². The first kappa shape index (κ1) is 14.2. The van der Waals surface area contributed by atoms with Crippen molar-refractivity contribution < 1.29 is 9.13 Å². The molecular formula is C15H18FN3O. The first-order chi connectivity index (χ1) is 9.51. The Kier molecular flexibility index (Phi) is 4.17. The first-order valence-corrected chi connectivity index (χ1v) is 6.54. The number of aromatic nitrogens is 2. The van der Waals surface area contributed by atoms with E-state index in [1.807, 2.05) is 20.8 Å². The van der Waals surface area contributed by atoms with Crippen LogP contribution in [-0.4, -0.2) is 16.5 Å². The molecule has 1 aromatic heterocycles.